The Balaban J connectivity index is 1.58. The third-order valence-electron chi connectivity index (χ3n) is 5.02. The lowest BCUT2D eigenvalue weighted by molar-refractivity contribution is 0.254. The summed E-state index contributed by atoms with van der Waals surface area (Å²) in [5.74, 6) is 2.82. The highest BCUT2D eigenvalue weighted by Crippen LogP contribution is 2.35. The van der Waals surface area contributed by atoms with E-state index in [1.807, 2.05) is 6.92 Å². The molecule has 6 heteroatoms. The fourth-order valence-electron chi connectivity index (χ4n) is 3.72. The van der Waals surface area contributed by atoms with Crippen LogP contribution in [0.5, 0.6) is 11.5 Å². The van der Waals surface area contributed by atoms with Crippen LogP contribution in [0, 0.1) is 0 Å². The van der Waals surface area contributed by atoms with Crippen LogP contribution < -0.4 is 14.8 Å². The minimum Gasteiger partial charge on any atom is -0.494 e. The topological polar surface area (TPSA) is 59.5 Å². The van der Waals surface area contributed by atoms with E-state index < -0.39 is 0 Å². The second-order valence-electron chi connectivity index (χ2n) is 7.12. The predicted molar refractivity (Wildman–Crippen MR) is 101 cm³/mol. The molecular formula is C20H26N4O2. The number of ether oxygens (including phenoxy) is 2. The Morgan fingerprint density at radius 3 is 3.08 bits per heavy atom. The molecule has 6 nitrogen and oxygen atoms in total. The smallest absolute Gasteiger partial charge is 0.134 e. The van der Waals surface area contributed by atoms with Crippen molar-refractivity contribution < 1.29 is 9.47 Å². The van der Waals surface area contributed by atoms with E-state index in [0.29, 0.717) is 13.2 Å². The van der Waals surface area contributed by atoms with Gasteiger partial charge < -0.3 is 19.7 Å². The zero-order valence-electron chi connectivity index (χ0n) is 15.7. The fraction of sp³-hybridized carbons (Fsp3) is 0.500. The quantitative estimate of drug-likeness (QED) is 0.891. The van der Waals surface area contributed by atoms with Crippen molar-refractivity contribution in [3.8, 4) is 11.5 Å². The normalized spacial score (nSPS) is 18.8. The minimum absolute atomic E-state index is 0.229. The molecule has 0 radical (unpaired) electrons. The molecule has 2 aliphatic heterocycles. The first kappa shape index (κ1) is 17.1. The van der Waals surface area contributed by atoms with Crippen LogP contribution in [0.15, 0.2) is 18.5 Å². The van der Waals surface area contributed by atoms with E-state index in [9.17, 15) is 0 Å². The number of hydrogen-bond donors (Lipinski definition) is 1. The zero-order chi connectivity index (χ0) is 18.1. The fourth-order valence-corrected chi connectivity index (χ4v) is 3.72. The molecule has 0 fully saturated rings. The summed E-state index contributed by atoms with van der Waals surface area (Å²) in [7, 11) is 2.13. The van der Waals surface area contributed by atoms with Gasteiger partial charge in [-0.25, -0.2) is 9.97 Å². The van der Waals surface area contributed by atoms with E-state index in [1.165, 1.54) is 11.1 Å². The zero-order valence-corrected chi connectivity index (χ0v) is 15.7. The molecule has 3 heterocycles. The van der Waals surface area contributed by atoms with E-state index in [-0.39, 0.29) is 6.10 Å². The summed E-state index contributed by atoms with van der Waals surface area (Å²) in [6.07, 6.45) is 3.79. The standard InChI is InChI=1S/C20H26N4O2/c1-4-25-18-8-14-7-13(2)26-19(14)9-15(18)10-21-20-16-11-24(3)6-5-17(16)22-12-23-20/h8-9,12-13H,4-7,10-11H2,1-3H3,(H,21,22,23). The molecule has 0 saturated carbocycles. The molecule has 0 aliphatic carbocycles. The molecule has 138 valence electrons. The lowest BCUT2D eigenvalue weighted by atomic mass is 10.1. The van der Waals surface area contributed by atoms with Crippen LogP contribution >= 0.6 is 0 Å². The first-order valence-electron chi connectivity index (χ1n) is 9.34. The van der Waals surface area contributed by atoms with Crippen molar-refractivity contribution in [2.75, 3.05) is 25.5 Å². The van der Waals surface area contributed by atoms with Gasteiger partial charge in [0.1, 0.15) is 29.7 Å². The molecule has 2 aliphatic rings. The van der Waals surface area contributed by atoms with Gasteiger partial charge in [-0.1, -0.05) is 0 Å². The number of nitrogens with zero attached hydrogens (tertiary/aromatic N) is 3. The van der Waals surface area contributed by atoms with Crippen LogP contribution in [0.1, 0.15) is 36.2 Å². The van der Waals surface area contributed by atoms with Crippen LogP contribution in [0.25, 0.3) is 0 Å². The average Bonchev–Trinajstić information content (AvgIpc) is 2.99. The van der Waals surface area contributed by atoms with Gasteiger partial charge in [0, 0.05) is 49.2 Å². The summed E-state index contributed by atoms with van der Waals surface area (Å²) in [5, 5.41) is 3.50. The summed E-state index contributed by atoms with van der Waals surface area (Å²) in [6.45, 7) is 7.32. The van der Waals surface area contributed by atoms with Crippen LogP contribution in [0.2, 0.25) is 0 Å². The Hall–Kier alpha value is -2.34. The molecule has 1 aromatic heterocycles. The molecule has 0 bridgehead atoms. The van der Waals surface area contributed by atoms with Gasteiger partial charge in [0.2, 0.25) is 0 Å². The monoisotopic (exact) mass is 354 g/mol. The van der Waals surface area contributed by atoms with Gasteiger partial charge in [0.25, 0.3) is 0 Å². The van der Waals surface area contributed by atoms with Crippen LogP contribution in [0.4, 0.5) is 5.82 Å². The Kier molecular flexibility index (Phi) is 4.68. The molecule has 1 atom stereocenters. The molecule has 26 heavy (non-hydrogen) atoms. The van der Waals surface area contributed by atoms with Gasteiger partial charge in [-0.15, -0.1) is 0 Å². The Labute approximate surface area is 154 Å². The molecule has 2 aromatic rings. The number of nitrogens with one attached hydrogen (secondary N) is 1. The molecular weight excluding hydrogens is 328 g/mol. The molecule has 0 saturated heterocycles. The van der Waals surface area contributed by atoms with E-state index in [2.05, 4.69) is 46.3 Å². The minimum atomic E-state index is 0.229. The predicted octanol–water partition coefficient (Wildman–Crippen LogP) is 2.80. The maximum absolute atomic E-state index is 5.92. The molecule has 0 amide bonds. The van der Waals surface area contributed by atoms with Gasteiger partial charge in [-0.3, -0.25) is 0 Å². The van der Waals surface area contributed by atoms with Crippen molar-refractivity contribution in [3.63, 3.8) is 0 Å². The van der Waals surface area contributed by atoms with Crippen molar-refractivity contribution >= 4 is 5.82 Å². The van der Waals surface area contributed by atoms with Gasteiger partial charge in [-0.2, -0.15) is 0 Å². The number of rotatable bonds is 5. The number of anilines is 1. The van der Waals surface area contributed by atoms with Gasteiger partial charge in [0.15, 0.2) is 0 Å². The van der Waals surface area contributed by atoms with E-state index in [0.717, 1.165) is 54.5 Å². The Morgan fingerprint density at radius 1 is 1.35 bits per heavy atom. The van der Waals surface area contributed by atoms with Gasteiger partial charge in [-0.05, 0) is 33.0 Å². The summed E-state index contributed by atoms with van der Waals surface area (Å²) >= 11 is 0. The van der Waals surface area contributed by atoms with Crippen molar-refractivity contribution in [2.24, 2.45) is 0 Å². The summed E-state index contributed by atoms with van der Waals surface area (Å²) < 4.78 is 11.8. The number of benzene rings is 1. The third-order valence-corrected chi connectivity index (χ3v) is 5.02. The molecule has 4 rings (SSSR count). The number of aromatic nitrogens is 2. The van der Waals surface area contributed by atoms with Crippen LogP contribution in [-0.2, 0) is 25.9 Å². The van der Waals surface area contributed by atoms with Gasteiger partial charge >= 0.3 is 0 Å². The first-order chi connectivity index (χ1) is 12.6. The lowest BCUT2D eigenvalue weighted by Gasteiger charge is -2.25. The number of likely N-dealkylation sites (N-methyl/N-ethyl adjacent to an activating group) is 1. The van der Waals surface area contributed by atoms with E-state index in [4.69, 9.17) is 9.47 Å². The maximum Gasteiger partial charge on any atom is 0.134 e. The van der Waals surface area contributed by atoms with E-state index in [1.54, 1.807) is 6.33 Å². The molecule has 1 unspecified atom stereocenters. The van der Waals surface area contributed by atoms with Crippen molar-refractivity contribution in [1.82, 2.24) is 14.9 Å². The highest BCUT2D eigenvalue weighted by Gasteiger charge is 2.23. The summed E-state index contributed by atoms with van der Waals surface area (Å²) in [5.41, 5.74) is 4.67. The average molecular weight is 354 g/mol. The highest BCUT2D eigenvalue weighted by atomic mass is 16.5. The maximum atomic E-state index is 5.92. The van der Waals surface area contributed by atoms with Crippen molar-refractivity contribution in [3.05, 3.63) is 40.8 Å². The number of fused-ring (bicyclic) bond motifs is 2. The van der Waals surface area contributed by atoms with Crippen molar-refractivity contribution in [1.29, 1.82) is 0 Å². The SMILES string of the molecule is CCOc1cc2c(cc1CNc1ncnc3c1CN(C)CC3)OC(C)C2. The van der Waals surface area contributed by atoms with Crippen molar-refractivity contribution in [2.45, 2.75) is 45.9 Å². The second kappa shape index (κ2) is 7.11. The largest absolute Gasteiger partial charge is 0.494 e. The lowest BCUT2D eigenvalue weighted by Crippen LogP contribution is -2.28. The van der Waals surface area contributed by atoms with E-state index >= 15 is 0 Å². The molecule has 0 spiro atoms. The van der Waals surface area contributed by atoms with Gasteiger partial charge in [0.05, 0.1) is 12.3 Å². The van der Waals surface area contributed by atoms with Crippen LogP contribution in [0.3, 0.4) is 0 Å². The molecule has 1 N–H and O–H groups in total. The Bertz CT molecular complexity index is 809. The summed E-state index contributed by atoms with van der Waals surface area (Å²) in [6, 6.07) is 4.24. The first-order valence-corrected chi connectivity index (χ1v) is 9.34. The third kappa shape index (κ3) is 3.33. The number of hydrogen-bond acceptors (Lipinski definition) is 6. The second-order valence-corrected chi connectivity index (χ2v) is 7.12. The Morgan fingerprint density at radius 2 is 2.23 bits per heavy atom. The molecule has 1 aromatic carbocycles. The highest BCUT2D eigenvalue weighted by molar-refractivity contribution is 5.52. The van der Waals surface area contributed by atoms with Crippen LogP contribution in [-0.4, -0.2) is 41.2 Å². The summed E-state index contributed by atoms with van der Waals surface area (Å²) in [4.78, 5) is 11.2.